The molecule has 3 aromatic rings. The number of hydrogen-bond acceptors (Lipinski definition) is 1. The maximum atomic E-state index is 4.80. The van der Waals surface area contributed by atoms with Gasteiger partial charge in [0.15, 0.2) is 0 Å². The molecule has 1 heterocycles. The summed E-state index contributed by atoms with van der Waals surface area (Å²) in [6.45, 7) is 0. The van der Waals surface area contributed by atoms with E-state index in [4.69, 9.17) is 4.98 Å². The Labute approximate surface area is 144 Å². The van der Waals surface area contributed by atoms with Gasteiger partial charge in [-0.25, -0.2) is 0 Å². The van der Waals surface area contributed by atoms with Crippen LogP contribution >= 0.6 is 0 Å². The first kappa shape index (κ1) is 14.5. The van der Waals surface area contributed by atoms with Crippen LogP contribution in [0.15, 0.2) is 85.0 Å². The Kier molecular flexibility index (Phi) is 3.65. The van der Waals surface area contributed by atoms with Crippen LogP contribution in [0.4, 0.5) is 0 Å². The van der Waals surface area contributed by atoms with Crippen molar-refractivity contribution in [1.82, 2.24) is 4.98 Å². The number of allylic oxidation sites excluding steroid dienone is 4. The van der Waals surface area contributed by atoms with Crippen LogP contribution in [0.5, 0.6) is 0 Å². The van der Waals surface area contributed by atoms with Gasteiger partial charge in [-0.05, 0) is 0 Å². The second-order valence-electron chi connectivity index (χ2n) is 5.93. The van der Waals surface area contributed by atoms with E-state index in [0.717, 1.165) is 17.6 Å². The number of aromatic nitrogens is 1. The van der Waals surface area contributed by atoms with Crippen LogP contribution in [0, 0.1) is 0 Å². The van der Waals surface area contributed by atoms with Gasteiger partial charge >= 0.3 is 145 Å². The first-order valence-corrected chi connectivity index (χ1v) is 8.38. The Morgan fingerprint density at radius 2 is 1.65 bits per heavy atom. The summed E-state index contributed by atoms with van der Waals surface area (Å²) in [6.07, 6.45) is 7.61. The van der Waals surface area contributed by atoms with Crippen molar-refractivity contribution in [2.24, 2.45) is 0 Å². The van der Waals surface area contributed by atoms with E-state index in [9.17, 15) is 0 Å². The van der Waals surface area contributed by atoms with Crippen molar-refractivity contribution in [2.45, 2.75) is 10.7 Å². The van der Waals surface area contributed by atoms with Crippen LogP contribution in [0.2, 0.25) is 4.28 Å². The zero-order valence-corrected chi connectivity index (χ0v) is 13.9. The molecule has 0 saturated heterocycles. The Morgan fingerprint density at radius 3 is 2.52 bits per heavy atom. The van der Waals surface area contributed by atoms with E-state index in [2.05, 4.69) is 83.0 Å². The Morgan fingerprint density at radius 1 is 0.870 bits per heavy atom. The van der Waals surface area contributed by atoms with Gasteiger partial charge in [-0.15, -0.1) is 0 Å². The molecule has 0 fully saturated rings. The second-order valence-corrected chi connectivity index (χ2v) is 7.11. The summed E-state index contributed by atoms with van der Waals surface area (Å²) in [6, 6.07) is 23.0. The van der Waals surface area contributed by atoms with Gasteiger partial charge in [0.05, 0.1) is 0 Å². The van der Waals surface area contributed by atoms with Gasteiger partial charge in [0.25, 0.3) is 0 Å². The normalized spacial score (nSPS) is 19.9. The third-order valence-electron chi connectivity index (χ3n) is 4.17. The molecule has 111 valence electrons. The third-order valence-corrected chi connectivity index (χ3v) is 4.79. The fraction of sp³-hybridized carbons (Fsp3) is 0.0952. The van der Waals surface area contributed by atoms with Crippen LogP contribution in [0.3, 0.4) is 0 Å². The number of para-hydroxylation sites is 1. The second kappa shape index (κ2) is 5.81. The van der Waals surface area contributed by atoms with E-state index in [1.165, 1.54) is 16.5 Å². The minimum atomic E-state index is -0.0966. The summed E-state index contributed by atoms with van der Waals surface area (Å²) in [5.74, 6) is 0. The quantitative estimate of drug-likeness (QED) is 0.646. The molecule has 0 aliphatic heterocycles. The van der Waals surface area contributed by atoms with Crippen molar-refractivity contribution < 1.29 is 16.3 Å². The van der Waals surface area contributed by atoms with Crippen molar-refractivity contribution >= 4 is 16.5 Å². The molecule has 1 aliphatic rings. The number of rotatable bonds is 3. The number of benzene rings is 2. The zero-order chi connectivity index (χ0) is 15.7. The number of hydrogen-bond donors (Lipinski definition) is 0. The molecule has 2 aromatic carbocycles. The van der Waals surface area contributed by atoms with E-state index in [0.29, 0.717) is 0 Å². The molecule has 0 radical (unpaired) electrons. The number of pyridine rings is 1. The molecular formula is C21H16CrN. The first-order chi connectivity index (χ1) is 11.2. The van der Waals surface area contributed by atoms with Crippen LogP contribution < -0.4 is 0 Å². The van der Waals surface area contributed by atoms with Crippen LogP contribution in [0.25, 0.3) is 16.5 Å². The monoisotopic (exact) mass is 334 g/mol. The van der Waals surface area contributed by atoms with Crippen LogP contribution in [-0.4, -0.2) is 4.98 Å². The SMILES string of the molecule is [Cr][C]1(Cc2ccc3ccccc3n2)C=CC(c2ccccc2)=C1. The molecule has 1 unspecified atom stereocenters. The van der Waals surface area contributed by atoms with E-state index >= 15 is 0 Å². The van der Waals surface area contributed by atoms with Crippen molar-refractivity contribution in [3.8, 4) is 0 Å². The van der Waals surface area contributed by atoms with Gasteiger partial charge < -0.3 is 0 Å². The standard InChI is InChI=1S/C21H16N.Cr/c1-2-6-17(7-3-1)19-11-10-16(14-19)15-20-13-12-18-8-4-5-9-21(18)22-20;/h1-14H,15H2;. The summed E-state index contributed by atoms with van der Waals surface area (Å²) >= 11 is 3.35. The summed E-state index contributed by atoms with van der Waals surface area (Å²) < 4.78 is -0.0966. The molecule has 0 saturated carbocycles. The van der Waals surface area contributed by atoms with E-state index in [1.807, 2.05) is 18.2 Å². The molecule has 2 heteroatoms. The molecular weight excluding hydrogens is 318 g/mol. The third kappa shape index (κ3) is 3.01. The Bertz CT molecular complexity index is 911. The van der Waals surface area contributed by atoms with Gasteiger partial charge in [-0.2, -0.15) is 0 Å². The fourth-order valence-electron chi connectivity index (χ4n) is 3.00. The van der Waals surface area contributed by atoms with Gasteiger partial charge in [0.2, 0.25) is 0 Å². The molecule has 1 aliphatic carbocycles. The van der Waals surface area contributed by atoms with Gasteiger partial charge in [-0.1, -0.05) is 0 Å². The predicted octanol–water partition coefficient (Wildman–Crippen LogP) is 5.14. The molecule has 4 rings (SSSR count). The maximum absolute atomic E-state index is 4.80. The van der Waals surface area contributed by atoms with Crippen molar-refractivity contribution in [2.75, 3.05) is 0 Å². The van der Waals surface area contributed by atoms with Crippen molar-refractivity contribution in [3.05, 3.63) is 96.2 Å². The van der Waals surface area contributed by atoms with Crippen molar-refractivity contribution in [3.63, 3.8) is 0 Å². The van der Waals surface area contributed by atoms with Gasteiger partial charge in [0.1, 0.15) is 0 Å². The molecule has 0 spiro atoms. The summed E-state index contributed by atoms with van der Waals surface area (Å²) in [7, 11) is 0. The predicted molar refractivity (Wildman–Crippen MR) is 91.7 cm³/mol. The molecule has 0 amide bonds. The zero-order valence-electron chi connectivity index (χ0n) is 12.6. The van der Waals surface area contributed by atoms with Gasteiger partial charge in [-0.3, -0.25) is 0 Å². The van der Waals surface area contributed by atoms with Crippen LogP contribution in [0.1, 0.15) is 11.3 Å². The first-order valence-electron chi connectivity index (χ1n) is 7.75. The molecule has 1 atom stereocenters. The van der Waals surface area contributed by atoms with Gasteiger partial charge in [0, 0.05) is 0 Å². The average Bonchev–Trinajstić information content (AvgIpc) is 2.97. The topological polar surface area (TPSA) is 12.9 Å². The summed E-state index contributed by atoms with van der Waals surface area (Å²) in [5.41, 5.74) is 4.69. The van der Waals surface area contributed by atoms with E-state index < -0.39 is 0 Å². The Balaban J connectivity index is 1.63. The van der Waals surface area contributed by atoms with E-state index in [-0.39, 0.29) is 4.28 Å². The Hall–Kier alpha value is -2.14. The summed E-state index contributed by atoms with van der Waals surface area (Å²) in [4.78, 5) is 4.80. The van der Waals surface area contributed by atoms with Crippen LogP contribution in [-0.2, 0) is 22.7 Å². The average molecular weight is 334 g/mol. The number of fused-ring (bicyclic) bond motifs is 1. The molecule has 1 nitrogen and oxygen atoms in total. The minimum absolute atomic E-state index is 0.0966. The van der Waals surface area contributed by atoms with Crippen molar-refractivity contribution in [1.29, 1.82) is 0 Å². The van der Waals surface area contributed by atoms with E-state index in [1.54, 1.807) is 0 Å². The molecule has 0 N–H and O–H groups in total. The molecule has 23 heavy (non-hydrogen) atoms. The fourth-order valence-corrected chi connectivity index (χ4v) is 3.54. The molecule has 1 aromatic heterocycles. The number of nitrogens with zero attached hydrogens (tertiary/aromatic N) is 1. The molecule has 0 bridgehead atoms. The summed E-state index contributed by atoms with van der Waals surface area (Å²) in [5, 5.41) is 1.19.